The van der Waals surface area contributed by atoms with Crippen molar-refractivity contribution in [3.8, 4) is 0 Å². The van der Waals surface area contributed by atoms with Gasteiger partial charge in [0, 0.05) is 25.1 Å². The maximum absolute atomic E-state index is 5.98. The Kier molecular flexibility index (Phi) is 4.79. The molecular formula is C18H19N5. The molecule has 0 fully saturated rings. The monoisotopic (exact) mass is 305 g/mol. The molecule has 0 spiro atoms. The van der Waals surface area contributed by atoms with Crippen molar-refractivity contribution in [2.45, 2.75) is 19.4 Å². The summed E-state index contributed by atoms with van der Waals surface area (Å²) in [4.78, 5) is 12.6. The summed E-state index contributed by atoms with van der Waals surface area (Å²) in [5, 5.41) is 0. The Bertz CT molecular complexity index is 746. The van der Waals surface area contributed by atoms with Crippen molar-refractivity contribution in [3.05, 3.63) is 78.6 Å². The van der Waals surface area contributed by atoms with Gasteiger partial charge in [0.1, 0.15) is 11.5 Å². The molecule has 2 heterocycles. The quantitative estimate of drug-likeness (QED) is 0.562. The van der Waals surface area contributed by atoms with Gasteiger partial charge in [-0.05, 0) is 42.7 Å². The van der Waals surface area contributed by atoms with E-state index in [1.165, 1.54) is 5.56 Å². The molecule has 5 nitrogen and oxygen atoms in total. The van der Waals surface area contributed by atoms with Gasteiger partial charge in [-0.1, -0.05) is 18.2 Å². The van der Waals surface area contributed by atoms with Crippen molar-refractivity contribution in [1.29, 1.82) is 0 Å². The second kappa shape index (κ2) is 7.35. The zero-order valence-corrected chi connectivity index (χ0v) is 12.8. The molecule has 2 aromatic heterocycles. The van der Waals surface area contributed by atoms with E-state index in [9.17, 15) is 0 Å². The third-order valence-corrected chi connectivity index (χ3v) is 3.55. The largest absolute Gasteiger partial charge is 0.382 e. The lowest BCUT2D eigenvalue weighted by molar-refractivity contribution is 0.642. The molecule has 0 atom stereocenters. The van der Waals surface area contributed by atoms with Crippen LogP contribution >= 0.6 is 0 Å². The number of rotatable bonds is 6. The molecule has 0 saturated carbocycles. The van der Waals surface area contributed by atoms with Gasteiger partial charge in [0.2, 0.25) is 0 Å². The van der Waals surface area contributed by atoms with Gasteiger partial charge < -0.3 is 10.3 Å². The zero-order valence-electron chi connectivity index (χ0n) is 12.8. The van der Waals surface area contributed by atoms with Crippen molar-refractivity contribution in [1.82, 2.24) is 14.5 Å². The number of pyridine rings is 1. The fourth-order valence-electron chi connectivity index (χ4n) is 2.33. The Hall–Kier alpha value is -2.95. The van der Waals surface area contributed by atoms with Crippen LogP contribution in [0.15, 0.2) is 72.4 Å². The highest BCUT2D eigenvalue weighted by molar-refractivity contribution is 5.97. The minimum Gasteiger partial charge on any atom is -0.382 e. The van der Waals surface area contributed by atoms with Crippen LogP contribution in [0.25, 0.3) is 0 Å². The van der Waals surface area contributed by atoms with Crippen LogP contribution in [-0.2, 0) is 13.0 Å². The summed E-state index contributed by atoms with van der Waals surface area (Å²) in [6.45, 7) is 0.979. The minimum absolute atomic E-state index is 0.429. The van der Waals surface area contributed by atoms with Gasteiger partial charge in [0.05, 0.1) is 12.0 Å². The number of aromatic nitrogens is 3. The van der Waals surface area contributed by atoms with Gasteiger partial charge >= 0.3 is 0 Å². The molecule has 5 heteroatoms. The number of nitrogens with two attached hydrogens (primary N) is 1. The van der Waals surface area contributed by atoms with E-state index in [4.69, 9.17) is 5.73 Å². The van der Waals surface area contributed by atoms with Crippen molar-refractivity contribution in [3.63, 3.8) is 0 Å². The SMILES string of the molecule is NC(=Nc1ccc(CCCn2ccnc2)cc1)c1ccccn1. The fraction of sp³-hybridized carbons (Fsp3) is 0.167. The average Bonchev–Trinajstić information content (AvgIpc) is 3.11. The maximum atomic E-state index is 5.98. The summed E-state index contributed by atoms with van der Waals surface area (Å²) in [5.74, 6) is 0.429. The molecule has 0 aliphatic rings. The lowest BCUT2D eigenvalue weighted by Crippen LogP contribution is -2.14. The molecule has 116 valence electrons. The van der Waals surface area contributed by atoms with Crippen molar-refractivity contribution < 1.29 is 0 Å². The molecule has 0 amide bonds. The van der Waals surface area contributed by atoms with Gasteiger partial charge in [-0.3, -0.25) is 4.98 Å². The zero-order chi connectivity index (χ0) is 15.9. The molecular weight excluding hydrogens is 286 g/mol. The fourth-order valence-corrected chi connectivity index (χ4v) is 2.33. The number of aryl methyl sites for hydroxylation is 2. The molecule has 0 bridgehead atoms. The molecule has 2 N–H and O–H groups in total. The Morgan fingerprint density at radius 3 is 2.65 bits per heavy atom. The first kappa shape index (κ1) is 15.0. The van der Waals surface area contributed by atoms with E-state index in [-0.39, 0.29) is 0 Å². The molecule has 23 heavy (non-hydrogen) atoms. The molecule has 3 aromatic rings. The summed E-state index contributed by atoms with van der Waals surface area (Å²) >= 11 is 0. The van der Waals surface area contributed by atoms with Crippen LogP contribution < -0.4 is 5.73 Å². The van der Waals surface area contributed by atoms with Gasteiger partial charge in [-0.15, -0.1) is 0 Å². The van der Waals surface area contributed by atoms with Gasteiger partial charge in [0.15, 0.2) is 0 Å². The van der Waals surface area contributed by atoms with E-state index in [1.807, 2.05) is 42.9 Å². The Labute approximate surface area is 135 Å². The van der Waals surface area contributed by atoms with Crippen molar-refractivity contribution >= 4 is 11.5 Å². The number of aliphatic imine (C=N–C) groups is 1. The first-order valence-electron chi connectivity index (χ1n) is 7.61. The molecule has 0 radical (unpaired) electrons. The van der Waals surface area contributed by atoms with E-state index in [2.05, 4.69) is 31.7 Å². The van der Waals surface area contributed by atoms with Crippen LogP contribution in [0, 0.1) is 0 Å². The van der Waals surface area contributed by atoms with E-state index < -0.39 is 0 Å². The third kappa shape index (κ3) is 4.26. The summed E-state index contributed by atoms with van der Waals surface area (Å²) in [5.41, 5.74) is 8.80. The standard InChI is InChI=1S/C18H19N5/c19-18(17-5-1-2-10-21-17)22-16-8-6-15(7-9-16)4-3-12-23-13-11-20-14-23/h1-2,5-11,13-14H,3-4,12H2,(H2,19,22). The van der Waals surface area contributed by atoms with Crippen LogP contribution in [0.2, 0.25) is 0 Å². The number of hydrogen-bond donors (Lipinski definition) is 1. The molecule has 0 aliphatic heterocycles. The van der Waals surface area contributed by atoms with Crippen LogP contribution in [-0.4, -0.2) is 20.4 Å². The first-order chi connectivity index (χ1) is 11.3. The highest BCUT2D eigenvalue weighted by Crippen LogP contribution is 2.15. The maximum Gasteiger partial charge on any atom is 0.150 e. The number of nitrogens with zero attached hydrogens (tertiary/aromatic N) is 4. The van der Waals surface area contributed by atoms with Crippen molar-refractivity contribution in [2.24, 2.45) is 10.7 Å². The molecule has 3 rings (SSSR count). The van der Waals surface area contributed by atoms with Crippen LogP contribution in [0.5, 0.6) is 0 Å². The molecule has 0 unspecified atom stereocenters. The Morgan fingerprint density at radius 1 is 1.09 bits per heavy atom. The highest BCUT2D eigenvalue weighted by Gasteiger charge is 2.00. The topological polar surface area (TPSA) is 69.1 Å². The summed E-state index contributed by atoms with van der Waals surface area (Å²) < 4.78 is 2.09. The van der Waals surface area contributed by atoms with Gasteiger partial charge in [0.25, 0.3) is 0 Å². The number of benzene rings is 1. The van der Waals surface area contributed by atoms with Gasteiger partial charge in [-0.25, -0.2) is 9.98 Å². The normalized spacial score (nSPS) is 11.6. The molecule has 1 aromatic carbocycles. The Morgan fingerprint density at radius 2 is 1.96 bits per heavy atom. The third-order valence-electron chi connectivity index (χ3n) is 3.55. The molecule has 0 saturated heterocycles. The first-order valence-corrected chi connectivity index (χ1v) is 7.61. The van der Waals surface area contributed by atoms with E-state index >= 15 is 0 Å². The number of imidazole rings is 1. The number of amidine groups is 1. The van der Waals surface area contributed by atoms with Gasteiger partial charge in [-0.2, -0.15) is 0 Å². The highest BCUT2D eigenvalue weighted by atomic mass is 15.0. The van der Waals surface area contributed by atoms with Crippen molar-refractivity contribution in [2.75, 3.05) is 0 Å². The summed E-state index contributed by atoms with van der Waals surface area (Å²) in [6, 6.07) is 13.8. The molecule has 0 aliphatic carbocycles. The van der Waals surface area contributed by atoms with E-state index in [1.54, 1.807) is 12.4 Å². The van der Waals surface area contributed by atoms with Crippen LogP contribution in [0.4, 0.5) is 5.69 Å². The lowest BCUT2D eigenvalue weighted by Gasteiger charge is -2.04. The van der Waals surface area contributed by atoms with Crippen LogP contribution in [0.3, 0.4) is 0 Å². The smallest absolute Gasteiger partial charge is 0.150 e. The average molecular weight is 305 g/mol. The second-order valence-corrected chi connectivity index (χ2v) is 5.28. The summed E-state index contributed by atoms with van der Waals surface area (Å²) in [7, 11) is 0. The predicted octanol–water partition coefficient (Wildman–Crippen LogP) is 2.95. The lowest BCUT2D eigenvalue weighted by atomic mass is 10.1. The van der Waals surface area contributed by atoms with Crippen LogP contribution in [0.1, 0.15) is 17.7 Å². The predicted molar refractivity (Wildman–Crippen MR) is 91.6 cm³/mol. The van der Waals surface area contributed by atoms with E-state index in [0.717, 1.165) is 25.1 Å². The summed E-state index contributed by atoms with van der Waals surface area (Å²) in [6.07, 6.45) is 9.45. The minimum atomic E-state index is 0.429. The number of hydrogen-bond acceptors (Lipinski definition) is 3. The Balaban J connectivity index is 1.58. The van der Waals surface area contributed by atoms with E-state index in [0.29, 0.717) is 11.5 Å². The second-order valence-electron chi connectivity index (χ2n) is 5.28.